The number of hydrogen-bond donors (Lipinski definition) is 1. The fraction of sp³-hybridized carbons (Fsp3) is 0.533. The molecular formula is C15H19N3O2. The molecule has 0 aromatic heterocycles. The van der Waals surface area contributed by atoms with Crippen molar-refractivity contribution in [3.8, 4) is 6.07 Å². The van der Waals surface area contributed by atoms with Crippen molar-refractivity contribution in [2.24, 2.45) is 5.92 Å². The van der Waals surface area contributed by atoms with E-state index in [1.165, 1.54) is 44.2 Å². The first-order valence-corrected chi connectivity index (χ1v) is 7.13. The second-order valence-electron chi connectivity index (χ2n) is 5.32. The van der Waals surface area contributed by atoms with Gasteiger partial charge >= 0.3 is 0 Å². The van der Waals surface area contributed by atoms with Crippen molar-refractivity contribution >= 4 is 11.4 Å². The smallest absolute Gasteiger partial charge is 0.289 e. The molecule has 1 fully saturated rings. The van der Waals surface area contributed by atoms with Crippen LogP contribution in [0, 0.1) is 27.4 Å². The molecule has 1 aromatic carbocycles. The number of nitrogens with zero attached hydrogens (tertiary/aromatic N) is 2. The summed E-state index contributed by atoms with van der Waals surface area (Å²) in [6.45, 7) is 0.819. The highest BCUT2D eigenvalue weighted by atomic mass is 16.6. The Kier molecular flexibility index (Phi) is 4.94. The molecule has 1 saturated carbocycles. The molecule has 1 N–H and O–H groups in total. The summed E-state index contributed by atoms with van der Waals surface area (Å²) in [5, 5.41) is 22.9. The molecule has 1 aliphatic rings. The molecule has 0 unspecified atom stereocenters. The minimum atomic E-state index is -0.512. The highest BCUT2D eigenvalue weighted by Crippen LogP contribution is 2.28. The third-order valence-electron chi connectivity index (χ3n) is 3.91. The maximum atomic E-state index is 10.9. The molecule has 0 saturated heterocycles. The Balaban J connectivity index is 1.85. The van der Waals surface area contributed by atoms with Gasteiger partial charge in [-0.25, -0.2) is 0 Å². The minimum Gasteiger partial charge on any atom is -0.385 e. The van der Waals surface area contributed by atoms with Gasteiger partial charge < -0.3 is 5.32 Å². The first kappa shape index (κ1) is 14.3. The molecule has 0 bridgehead atoms. The lowest BCUT2D eigenvalue weighted by Crippen LogP contribution is -2.05. The van der Waals surface area contributed by atoms with E-state index in [0.29, 0.717) is 5.69 Å². The van der Waals surface area contributed by atoms with E-state index in [4.69, 9.17) is 5.26 Å². The minimum absolute atomic E-state index is 0.103. The van der Waals surface area contributed by atoms with Crippen molar-refractivity contribution in [3.05, 3.63) is 33.9 Å². The summed E-state index contributed by atoms with van der Waals surface area (Å²) in [4.78, 5) is 10.4. The van der Waals surface area contributed by atoms with Crippen LogP contribution in [0.4, 0.5) is 11.4 Å². The number of nitro groups is 1. The predicted octanol–water partition coefficient (Wildman–Crippen LogP) is 3.85. The molecule has 1 aliphatic carbocycles. The molecule has 2 rings (SSSR count). The Bertz CT molecular complexity index is 516. The monoisotopic (exact) mass is 273 g/mol. The number of benzene rings is 1. The van der Waals surface area contributed by atoms with Gasteiger partial charge in [-0.1, -0.05) is 25.7 Å². The highest BCUT2D eigenvalue weighted by molar-refractivity contribution is 5.59. The van der Waals surface area contributed by atoms with Crippen LogP contribution in [0.25, 0.3) is 0 Å². The van der Waals surface area contributed by atoms with Gasteiger partial charge in [0.05, 0.1) is 4.92 Å². The standard InChI is InChI=1S/C15H19N3O2/c16-11-13-7-8-14(10-15(13)18(19)20)17-9-3-6-12-4-1-2-5-12/h7-8,10,12,17H,1-6,9H2. The summed E-state index contributed by atoms with van der Waals surface area (Å²) < 4.78 is 0. The number of rotatable bonds is 6. The molecule has 106 valence electrons. The van der Waals surface area contributed by atoms with E-state index < -0.39 is 4.92 Å². The molecule has 0 aliphatic heterocycles. The quantitative estimate of drug-likeness (QED) is 0.485. The van der Waals surface area contributed by atoms with Crippen molar-refractivity contribution in [2.45, 2.75) is 38.5 Å². The molecule has 5 nitrogen and oxygen atoms in total. The zero-order valence-electron chi connectivity index (χ0n) is 11.5. The largest absolute Gasteiger partial charge is 0.385 e. The van der Waals surface area contributed by atoms with Crippen molar-refractivity contribution in [1.82, 2.24) is 0 Å². The van der Waals surface area contributed by atoms with Crippen LogP contribution in [0.2, 0.25) is 0 Å². The number of nitrogens with one attached hydrogen (secondary N) is 1. The van der Waals surface area contributed by atoms with Crippen LogP contribution >= 0.6 is 0 Å². The van der Waals surface area contributed by atoms with E-state index in [2.05, 4.69) is 5.32 Å². The average molecular weight is 273 g/mol. The van der Waals surface area contributed by atoms with E-state index in [1.54, 1.807) is 6.07 Å². The zero-order valence-corrected chi connectivity index (χ0v) is 11.5. The van der Waals surface area contributed by atoms with Crippen LogP contribution in [0.3, 0.4) is 0 Å². The van der Waals surface area contributed by atoms with Crippen LogP contribution in [0.1, 0.15) is 44.1 Å². The summed E-state index contributed by atoms with van der Waals surface area (Å²) in [5.74, 6) is 0.868. The Morgan fingerprint density at radius 3 is 2.80 bits per heavy atom. The Morgan fingerprint density at radius 1 is 1.40 bits per heavy atom. The summed E-state index contributed by atoms with van der Waals surface area (Å²) in [7, 11) is 0. The van der Waals surface area contributed by atoms with Crippen molar-refractivity contribution in [2.75, 3.05) is 11.9 Å². The van der Waals surface area contributed by atoms with Crippen LogP contribution in [-0.2, 0) is 0 Å². The van der Waals surface area contributed by atoms with Gasteiger partial charge in [-0.3, -0.25) is 10.1 Å². The summed E-state index contributed by atoms with van der Waals surface area (Å²) in [5.41, 5.74) is 0.682. The summed E-state index contributed by atoms with van der Waals surface area (Å²) >= 11 is 0. The van der Waals surface area contributed by atoms with Crippen LogP contribution in [0.5, 0.6) is 0 Å². The number of nitro benzene ring substituents is 1. The third-order valence-corrected chi connectivity index (χ3v) is 3.91. The van der Waals surface area contributed by atoms with Crippen molar-refractivity contribution in [1.29, 1.82) is 5.26 Å². The average Bonchev–Trinajstić information content (AvgIpc) is 2.96. The van der Waals surface area contributed by atoms with E-state index in [-0.39, 0.29) is 11.3 Å². The molecule has 20 heavy (non-hydrogen) atoms. The second kappa shape index (κ2) is 6.90. The zero-order chi connectivity index (χ0) is 14.4. The van der Waals surface area contributed by atoms with E-state index in [0.717, 1.165) is 18.9 Å². The Morgan fingerprint density at radius 2 is 2.15 bits per heavy atom. The van der Waals surface area contributed by atoms with E-state index in [9.17, 15) is 10.1 Å². The first-order valence-electron chi connectivity index (χ1n) is 7.13. The molecular weight excluding hydrogens is 254 g/mol. The topological polar surface area (TPSA) is 79.0 Å². The van der Waals surface area contributed by atoms with Gasteiger partial charge in [-0.2, -0.15) is 5.26 Å². The lowest BCUT2D eigenvalue weighted by atomic mass is 10.0. The summed E-state index contributed by atoms with van der Waals surface area (Å²) in [6, 6.07) is 6.50. The van der Waals surface area contributed by atoms with Gasteiger partial charge in [0.25, 0.3) is 5.69 Å². The number of nitriles is 1. The Hall–Kier alpha value is -2.09. The van der Waals surface area contributed by atoms with Crippen LogP contribution in [-0.4, -0.2) is 11.5 Å². The third kappa shape index (κ3) is 3.70. The van der Waals surface area contributed by atoms with Crippen molar-refractivity contribution < 1.29 is 4.92 Å². The maximum absolute atomic E-state index is 10.9. The number of hydrogen-bond acceptors (Lipinski definition) is 4. The fourth-order valence-electron chi connectivity index (χ4n) is 2.81. The molecule has 1 aromatic rings. The molecule has 0 spiro atoms. The van der Waals surface area contributed by atoms with Gasteiger partial charge in [0.15, 0.2) is 0 Å². The molecule has 0 heterocycles. The van der Waals surface area contributed by atoms with Crippen molar-refractivity contribution in [3.63, 3.8) is 0 Å². The molecule has 0 amide bonds. The fourth-order valence-corrected chi connectivity index (χ4v) is 2.81. The Labute approximate surface area is 118 Å². The van der Waals surface area contributed by atoms with Gasteiger partial charge in [0, 0.05) is 18.3 Å². The molecule has 0 radical (unpaired) electrons. The number of anilines is 1. The first-order chi connectivity index (χ1) is 9.70. The summed E-state index contributed by atoms with van der Waals surface area (Å²) in [6.07, 6.45) is 7.73. The predicted molar refractivity (Wildman–Crippen MR) is 77.5 cm³/mol. The molecule has 0 atom stereocenters. The lowest BCUT2D eigenvalue weighted by Gasteiger charge is -2.10. The van der Waals surface area contributed by atoms with Gasteiger partial charge in [-0.15, -0.1) is 0 Å². The van der Waals surface area contributed by atoms with Crippen LogP contribution in [0.15, 0.2) is 18.2 Å². The van der Waals surface area contributed by atoms with Crippen LogP contribution < -0.4 is 5.32 Å². The van der Waals surface area contributed by atoms with Gasteiger partial charge in [-0.05, 0) is 30.9 Å². The normalized spacial score (nSPS) is 14.9. The second-order valence-corrected chi connectivity index (χ2v) is 5.32. The van der Waals surface area contributed by atoms with E-state index >= 15 is 0 Å². The van der Waals surface area contributed by atoms with E-state index in [1.807, 2.05) is 6.07 Å². The highest BCUT2D eigenvalue weighted by Gasteiger charge is 2.15. The lowest BCUT2D eigenvalue weighted by molar-refractivity contribution is -0.385. The SMILES string of the molecule is N#Cc1ccc(NCCCC2CCCC2)cc1[N+](=O)[O-]. The molecule has 5 heteroatoms. The maximum Gasteiger partial charge on any atom is 0.289 e. The van der Waals surface area contributed by atoms with Gasteiger partial charge in [0.1, 0.15) is 11.6 Å². The van der Waals surface area contributed by atoms with Gasteiger partial charge in [0.2, 0.25) is 0 Å².